The normalized spacial score (nSPS) is 10.3. The van der Waals surface area contributed by atoms with Gasteiger partial charge in [0, 0.05) is 35.6 Å². The highest BCUT2D eigenvalue weighted by Crippen LogP contribution is 2.17. The van der Waals surface area contributed by atoms with Crippen molar-refractivity contribution in [1.29, 1.82) is 0 Å². The third kappa shape index (κ3) is 5.01. The number of nitro groups is 2. The van der Waals surface area contributed by atoms with E-state index in [0.717, 1.165) is 22.8 Å². The summed E-state index contributed by atoms with van der Waals surface area (Å²) in [5, 5.41) is 27.7. The van der Waals surface area contributed by atoms with Crippen molar-refractivity contribution >= 4 is 22.7 Å². The minimum absolute atomic E-state index is 0.0444. The van der Waals surface area contributed by atoms with Crippen LogP contribution in [0.4, 0.5) is 22.7 Å². The van der Waals surface area contributed by atoms with Crippen molar-refractivity contribution in [2.75, 3.05) is 10.6 Å². The number of benzene rings is 2. The van der Waals surface area contributed by atoms with Gasteiger partial charge in [-0.25, -0.2) is 0 Å². The second-order valence-corrected chi connectivity index (χ2v) is 5.94. The van der Waals surface area contributed by atoms with Crippen LogP contribution in [0.2, 0.25) is 0 Å². The van der Waals surface area contributed by atoms with Gasteiger partial charge in [0.2, 0.25) is 0 Å². The number of nitrogens with one attached hydrogen (secondary N) is 2. The van der Waals surface area contributed by atoms with E-state index in [1.165, 1.54) is 24.3 Å². The van der Waals surface area contributed by atoms with E-state index in [0.29, 0.717) is 13.1 Å². The van der Waals surface area contributed by atoms with E-state index < -0.39 is 9.85 Å². The highest BCUT2D eigenvalue weighted by molar-refractivity contribution is 5.49. The largest absolute Gasteiger partial charge is 0.379 e. The van der Waals surface area contributed by atoms with Crippen LogP contribution in [0.15, 0.2) is 66.7 Å². The number of nitro benzene ring substituents is 2. The molecule has 2 aromatic carbocycles. The first-order valence-corrected chi connectivity index (χ1v) is 8.43. The second kappa shape index (κ2) is 8.58. The van der Waals surface area contributed by atoms with E-state index in [4.69, 9.17) is 0 Å². The molecule has 1 heterocycles. The molecule has 0 aliphatic heterocycles. The summed E-state index contributed by atoms with van der Waals surface area (Å²) in [7, 11) is 0. The third-order valence-corrected chi connectivity index (χ3v) is 3.97. The highest BCUT2D eigenvalue weighted by Gasteiger charge is 2.05. The fraction of sp³-hybridized carbons (Fsp3) is 0.105. The molecule has 0 bridgehead atoms. The molecule has 0 atom stereocenters. The van der Waals surface area contributed by atoms with E-state index in [1.54, 1.807) is 24.3 Å². The van der Waals surface area contributed by atoms with E-state index in [2.05, 4.69) is 15.6 Å². The molecule has 1 aromatic heterocycles. The number of non-ortho nitro benzene ring substituents is 2. The van der Waals surface area contributed by atoms with E-state index in [-0.39, 0.29) is 11.4 Å². The molecular formula is C19H17N5O4. The number of rotatable bonds is 8. The van der Waals surface area contributed by atoms with Gasteiger partial charge in [-0.1, -0.05) is 6.07 Å². The summed E-state index contributed by atoms with van der Waals surface area (Å²) in [5.74, 6) is 0. The molecule has 0 saturated heterocycles. The molecule has 142 valence electrons. The minimum atomic E-state index is -0.438. The average Bonchev–Trinajstić information content (AvgIpc) is 2.71. The van der Waals surface area contributed by atoms with E-state index in [9.17, 15) is 20.2 Å². The Balaban J connectivity index is 1.56. The van der Waals surface area contributed by atoms with Crippen molar-refractivity contribution in [3.63, 3.8) is 0 Å². The molecule has 0 amide bonds. The highest BCUT2D eigenvalue weighted by atomic mass is 16.6. The lowest BCUT2D eigenvalue weighted by Crippen LogP contribution is -2.06. The second-order valence-electron chi connectivity index (χ2n) is 5.94. The van der Waals surface area contributed by atoms with Gasteiger partial charge in [0.05, 0.1) is 34.3 Å². The Kier molecular flexibility index (Phi) is 5.75. The van der Waals surface area contributed by atoms with Crippen molar-refractivity contribution in [2.24, 2.45) is 0 Å². The number of hydrogen-bond acceptors (Lipinski definition) is 7. The van der Waals surface area contributed by atoms with Gasteiger partial charge in [-0.3, -0.25) is 25.2 Å². The number of nitrogens with zero attached hydrogens (tertiary/aromatic N) is 3. The quantitative estimate of drug-likeness (QED) is 0.445. The lowest BCUT2D eigenvalue weighted by Gasteiger charge is -2.09. The lowest BCUT2D eigenvalue weighted by molar-refractivity contribution is -0.385. The first-order chi connectivity index (χ1) is 13.5. The number of aromatic nitrogens is 1. The molecule has 9 nitrogen and oxygen atoms in total. The Morgan fingerprint density at radius 3 is 1.43 bits per heavy atom. The summed E-state index contributed by atoms with van der Waals surface area (Å²) in [5.41, 5.74) is 3.26. The van der Waals surface area contributed by atoms with Crippen LogP contribution in [0.5, 0.6) is 0 Å². The number of hydrogen-bond donors (Lipinski definition) is 2. The molecule has 2 N–H and O–H groups in total. The van der Waals surface area contributed by atoms with Gasteiger partial charge < -0.3 is 10.6 Å². The zero-order valence-corrected chi connectivity index (χ0v) is 14.7. The van der Waals surface area contributed by atoms with Crippen molar-refractivity contribution in [2.45, 2.75) is 13.1 Å². The van der Waals surface area contributed by atoms with Gasteiger partial charge in [-0.15, -0.1) is 0 Å². The summed E-state index contributed by atoms with van der Waals surface area (Å²) in [6.45, 7) is 0.951. The third-order valence-electron chi connectivity index (χ3n) is 3.97. The predicted octanol–water partition coefficient (Wildman–Crippen LogP) is 4.12. The Labute approximate surface area is 160 Å². The fourth-order valence-corrected chi connectivity index (χ4v) is 2.51. The molecule has 28 heavy (non-hydrogen) atoms. The Morgan fingerprint density at radius 2 is 1.07 bits per heavy atom. The van der Waals surface area contributed by atoms with Gasteiger partial charge in [0.1, 0.15) is 0 Å². The van der Waals surface area contributed by atoms with Crippen LogP contribution >= 0.6 is 0 Å². The molecule has 0 aliphatic rings. The maximum Gasteiger partial charge on any atom is 0.269 e. The lowest BCUT2D eigenvalue weighted by atomic mass is 10.2. The van der Waals surface area contributed by atoms with Crippen molar-refractivity contribution < 1.29 is 9.85 Å². The van der Waals surface area contributed by atoms with Crippen molar-refractivity contribution in [3.8, 4) is 0 Å². The molecular weight excluding hydrogens is 362 g/mol. The first-order valence-electron chi connectivity index (χ1n) is 8.43. The van der Waals surface area contributed by atoms with Gasteiger partial charge in [0.25, 0.3) is 11.4 Å². The van der Waals surface area contributed by atoms with Gasteiger partial charge >= 0.3 is 0 Å². The average molecular weight is 379 g/mol. The summed E-state index contributed by atoms with van der Waals surface area (Å²) in [4.78, 5) is 25.0. The van der Waals surface area contributed by atoms with Crippen LogP contribution in [0.3, 0.4) is 0 Å². The number of pyridine rings is 1. The van der Waals surface area contributed by atoms with Gasteiger partial charge in [-0.05, 0) is 36.4 Å². The smallest absolute Gasteiger partial charge is 0.269 e. The van der Waals surface area contributed by atoms with Crippen LogP contribution in [-0.2, 0) is 13.1 Å². The Hall–Kier alpha value is -4.01. The Morgan fingerprint density at radius 1 is 0.679 bits per heavy atom. The minimum Gasteiger partial charge on any atom is -0.379 e. The fourth-order valence-electron chi connectivity index (χ4n) is 2.51. The van der Waals surface area contributed by atoms with E-state index >= 15 is 0 Å². The first kappa shape index (κ1) is 18.8. The van der Waals surface area contributed by atoms with Crippen molar-refractivity contribution in [3.05, 3.63) is 98.3 Å². The summed E-state index contributed by atoms with van der Waals surface area (Å²) in [6.07, 6.45) is 0. The number of anilines is 2. The predicted molar refractivity (Wildman–Crippen MR) is 105 cm³/mol. The maximum absolute atomic E-state index is 10.7. The molecule has 9 heteroatoms. The van der Waals surface area contributed by atoms with Gasteiger partial charge in [-0.2, -0.15) is 0 Å². The zero-order chi connectivity index (χ0) is 19.9. The molecule has 0 aliphatic carbocycles. The van der Waals surface area contributed by atoms with Crippen molar-refractivity contribution in [1.82, 2.24) is 4.98 Å². The van der Waals surface area contributed by atoms with Crippen LogP contribution < -0.4 is 10.6 Å². The molecule has 0 saturated carbocycles. The topological polar surface area (TPSA) is 123 Å². The van der Waals surface area contributed by atoms with Crippen LogP contribution in [0, 0.1) is 20.2 Å². The summed E-state index contributed by atoms with van der Waals surface area (Å²) in [6, 6.07) is 18.0. The Bertz CT molecular complexity index is 898. The monoisotopic (exact) mass is 379 g/mol. The summed E-state index contributed by atoms with van der Waals surface area (Å²) < 4.78 is 0. The zero-order valence-electron chi connectivity index (χ0n) is 14.7. The molecule has 0 spiro atoms. The van der Waals surface area contributed by atoms with Crippen LogP contribution in [0.1, 0.15) is 11.4 Å². The SMILES string of the molecule is O=[N+]([O-])c1ccc(NCc2cccc(CNc3ccc([N+](=O)[O-])cc3)n2)cc1. The molecule has 0 unspecified atom stereocenters. The summed E-state index contributed by atoms with van der Waals surface area (Å²) >= 11 is 0. The van der Waals surface area contributed by atoms with Crippen LogP contribution in [0.25, 0.3) is 0 Å². The standard InChI is InChI=1S/C19H17N5O4/c25-23(26)18-8-4-14(5-9-18)20-12-16-2-1-3-17(22-16)13-21-15-6-10-19(11-7-15)24(27)28/h1-11,20-21H,12-13H2. The molecule has 0 radical (unpaired) electrons. The molecule has 3 rings (SSSR count). The van der Waals surface area contributed by atoms with E-state index in [1.807, 2.05) is 18.2 Å². The molecule has 0 fully saturated rings. The van der Waals surface area contributed by atoms with Crippen LogP contribution in [-0.4, -0.2) is 14.8 Å². The van der Waals surface area contributed by atoms with Gasteiger partial charge in [0.15, 0.2) is 0 Å². The molecule has 3 aromatic rings. The maximum atomic E-state index is 10.7.